The lowest BCUT2D eigenvalue weighted by atomic mass is 10.2. The molecule has 0 aliphatic carbocycles. The van der Waals surface area contributed by atoms with Crippen LogP contribution in [0.25, 0.3) is 0 Å². The molecule has 1 aliphatic heterocycles. The Morgan fingerprint density at radius 3 is 1.94 bits per heavy atom. The van der Waals surface area contributed by atoms with E-state index in [1.807, 2.05) is 0 Å². The van der Waals surface area contributed by atoms with Gasteiger partial charge in [0.2, 0.25) is 5.91 Å². The van der Waals surface area contributed by atoms with Gasteiger partial charge in [-0.25, -0.2) is 0 Å². The van der Waals surface area contributed by atoms with Gasteiger partial charge < -0.3 is 5.32 Å². The van der Waals surface area contributed by atoms with Crippen LogP contribution < -0.4 is 5.32 Å². The molecule has 1 fully saturated rings. The van der Waals surface area contributed by atoms with Gasteiger partial charge in [-0.2, -0.15) is 26.3 Å². The zero-order valence-corrected chi connectivity index (χ0v) is 8.72. The zero-order chi connectivity index (χ0) is 13.6. The monoisotopic (exact) mass is 281 g/mol. The van der Waals surface area contributed by atoms with E-state index in [-0.39, 0.29) is 0 Å². The second-order valence-corrected chi connectivity index (χ2v) is 4.82. The van der Waals surface area contributed by atoms with Crippen LogP contribution in [0.15, 0.2) is 12.2 Å². The highest BCUT2D eigenvalue weighted by Gasteiger charge is 2.77. The molecule has 0 saturated carbocycles. The van der Waals surface area contributed by atoms with Crippen LogP contribution in [0.3, 0.4) is 0 Å². The van der Waals surface area contributed by atoms with Crippen LogP contribution in [0, 0.1) is 0 Å². The molecule has 3 nitrogen and oxygen atoms in total. The van der Waals surface area contributed by atoms with Crippen LogP contribution in [0.2, 0.25) is 0 Å². The number of amides is 1. The summed E-state index contributed by atoms with van der Waals surface area (Å²) in [5.74, 6) is -2.79. The molecule has 0 aromatic carbocycles. The van der Waals surface area contributed by atoms with Crippen LogP contribution in [-0.2, 0) is 15.6 Å². The van der Waals surface area contributed by atoms with Crippen molar-refractivity contribution in [1.82, 2.24) is 5.32 Å². The number of nitrogens with one attached hydrogen (secondary N) is 1. The number of alkyl halides is 6. The number of hydrogen-bond donors (Lipinski definition) is 1. The van der Waals surface area contributed by atoms with Crippen molar-refractivity contribution in [2.75, 3.05) is 5.75 Å². The third-order valence-corrected chi connectivity index (χ3v) is 3.91. The molecule has 0 aromatic heterocycles. The van der Waals surface area contributed by atoms with Gasteiger partial charge in [-0.3, -0.25) is 9.00 Å². The van der Waals surface area contributed by atoms with Gasteiger partial charge in [0.25, 0.3) is 0 Å². The molecule has 0 aromatic rings. The number of carbonyl (C=O) groups is 1. The second-order valence-electron chi connectivity index (χ2n) is 3.22. The van der Waals surface area contributed by atoms with E-state index in [9.17, 15) is 35.3 Å². The Hall–Kier alpha value is -1.06. The summed E-state index contributed by atoms with van der Waals surface area (Å²) in [7, 11) is -3.41. The quantitative estimate of drug-likeness (QED) is 0.536. The van der Waals surface area contributed by atoms with Gasteiger partial charge in [0.15, 0.2) is 0 Å². The first-order valence-corrected chi connectivity index (χ1v) is 5.27. The number of halogens is 6. The summed E-state index contributed by atoms with van der Waals surface area (Å²) >= 11 is 0. The summed E-state index contributed by atoms with van der Waals surface area (Å²) in [6.45, 7) is 2.94. The maximum atomic E-state index is 12.5. The number of rotatable bonds is 0. The summed E-state index contributed by atoms with van der Waals surface area (Å²) in [5, 5.41) is 0.721. The molecule has 1 amide bonds. The van der Waals surface area contributed by atoms with Gasteiger partial charge in [-0.15, -0.1) is 0 Å². The minimum Gasteiger partial charge on any atom is -0.320 e. The third-order valence-electron chi connectivity index (χ3n) is 2.06. The first kappa shape index (κ1) is 14.0. The minimum atomic E-state index is -5.91. The van der Waals surface area contributed by atoms with Crippen molar-refractivity contribution in [3.05, 3.63) is 12.2 Å². The van der Waals surface area contributed by atoms with Crippen LogP contribution in [0.4, 0.5) is 26.3 Å². The van der Waals surface area contributed by atoms with Crippen molar-refractivity contribution in [1.29, 1.82) is 0 Å². The molecule has 0 radical (unpaired) electrons. The average Bonchev–Trinajstić information content (AvgIpc) is 2.06. The lowest BCUT2D eigenvalue weighted by Crippen LogP contribution is -2.72. The zero-order valence-electron chi connectivity index (χ0n) is 7.91. The van der Waals surface area contributed by atoms with E-state index >= 15 is 0 Å². The van der Waals surface area contributed by atoms with E-state index in [0.717, 1.165) is 5.32 Å². The smallest absolute Gasteiger partial charge is 0.320 e. The first-order valence-electron chi connectivity index (χ1n) is 3.95. The van der Waals surface area contributed by atoms with Crippen LogP contribution in [0.1, 0.15) is 0 Å². The number of carbonyl (C=O) groups excluding carboxylic acids is 1. The van der Waals surface area contributed by atoms with Crippen molar-refractivity contribution in [2.45, 2.75) is 17.2 Å². The molecule has 1 N–H and O–H groups in total. The Balaban J connectivity index is 3.40. The fourth-order valence-electron chi connectivity index (χ4n) is 1.20. The van der Waals surface area contributed by atoms with E-state index < -0.39 is 45.3 Å². The predicted molar refractivity (Wildman–Crippen MR) is 45.1 cm³/mol. The highest BCUT2D eigenvalue weighted by molar-refractivity contribution is 7.87. The molecule has 10 heteroatoms. The maximum Gasteiger partial charge on any atom is 0.432 e. The Kier molecular flexibility index (Phi) is 3.06. The summed E-state index contributed by atoms with van der Waals surface area (Å²) < 4.78 is 86.1. The SMILES string of the molecule is C=C1CS(=O)C(C(F)(F)F)(C(F)(F)F)NC1=O. The Labute approximate surface area is 93.3 Å². The number of hydrogen-bond acceptors (Lipinski definition) is 2. The van der Waals surface area contributed by atoms with Gasteiger partial charge in [0.1, 0.15) is 0 Å². The van der Waals surface area contributed by atoms with E-state index in [4.69, 9.17) is 0 Å². The first-order chi connectivity index (χ1) is 7.43. The van der Waals surface area contributed by atoms with Gasteiger partial charge in [0, 0.05) is 5.57 Å². The lowest BCUT2D eigenvalue weighted by molar-refractivity contribution is -0.273. The van der Waals surface area contributed by atoms with Gasteiger partial charge in [-0.1, -0.05) is 6.58 Å². The summed E-state index contributed by atoms with van der Waals surface area (Å²) in [6, 6.07) is 0. The Bertz CT molecular complexity index is 384. The summed E-state index contributed by atoms with van der Waals surface area (Å²) in [4.78, 5) is 6.18. The van der Waals surface area contributed by atoms with Gasteiger partial charge in [-0.05, 0) is 0 Å². The molecule has 1 unspecified atom stereocenters. The highest BCUT2D eigenvalue weighted by atomic mass is 32.2. The fourth-order valence-corrected chi connectivity index (χ4v) is 2.58. The van der Waals surface area contributed by atoms with Crippen molar-refractivity contribution in [3.63, 3.8) is 0 Å². The maximum absolute atomic E-state index is 12.5. The molecule has 1 atom stereocenters. The van der Waals surface area contributed by atoms with Crippen molar-refractivity contribution in [2.24, 2.45) is 0 Å². The Morgan fingerprint density at radius 1 is 1.18 bits per heavy atom. The van der Waals surface area contributed by atoms with Gasteiger partial charge in [0.05, 0.1) is 16.6 Å². The van der Waals surface area contributed by atoms with E-state index in [1.54, 1.807) is 0 Å². The van der Waals surface area contributed by atoms with Crippen molar-refractivity contribution in [3.8, 4) is 0 Å². The Morgan fingerprint density at radius 2 is 1.59 bits per heavy atom. The average molecular weight is 281 g/mol. The van der Waals surface area contributed by atoms with E-state index in [1.165, 1.54) is 0 Å². The molecular weight excluding hydrogens is 276 g/mol. The predicted octanol–water partition coefficient (Wildman–Crippen LogP) is 1.24. The highest BCUT2D eigenvalue weighted by Crippen LogP contribution is 2.47. The molecule has 0 bridgehead atoms. The molecule has 98 valence electrons. The molecule has 1 aliphatic rings. The molecule has 0 spiro atoms. The molecule has 17 heavy (non-hydrogen) atoms. The van der Waals surface area contributed by atoms with Crippen LogP contribution >= 0.6 is 0 Å². The minimum absolute atomic E-state index is 0.590. The van der Waals surface area contributed by atoms with Gasteiger partial charge >= 0.3 is 17.2 Å². The largest absolute Gasteiger partial charge is 0.432 e. The molecule has 1 rings (SSSR count). The lowest BCUT2D eigenvalue weighted by Gasteiger charge is -2.39. The second kappa shape index (κ2) is 3.72. The molecule has 1 heterocycles. The van der Waals surface area contributed by atoms with Crippen molar-refractivity contribution < 1.29 is 35.3 Å². The van der Waals surface area contributed by atoms with Crippen LogP contribution in [0.5, 0.6) is 0 Å². The van der Waals surface area contributed by atoms with Crippen LogP contribution in [-0.4, -0.2) is 33.1 Å². The summed E-state index contributed by atoms with van der Waals surface area (Å²) in [6.07, 6.45) is -11.8. The van der Waals surface area contributed by atoms with Crippen molar-refractivity contribution >= 4 is 16.7 Å². The molecule has 1 saturated heterocycles. The van der Waals surface area contributed by atoms with E-state index in [0.29, 0.717) is 0 Å². The summed E-state index contributed by atoms with van der Waals surface area (Å²) in [5.41, 5.74) is -0.590. The van der Waals surface area contributed by atoms with E-state index in [2.05, 4.69) is 6.58 Å². The standard InChI is InChI=1S/C7H5F6NO2S/c1-3-2-17(16)5(6(8,9)10,7(11,12)13)14-4(3)15/h1-2H2,(H,14,15). The fraction of sp³-hybridized carbons (Fsp3) is 0.571. The normalized spacial score (nSPS) is 25.6. The molecular formula is C7H5F6NO2S. The third kappa shape index (κ3) is 1.94. The topological polar surface area (TPSA) is 46.2 Å².